The molecule has 2 aromatic rings. The van der Waals surface area contributed by atoms with Crippen LogP contribution in [-0.4, -0.2) is 21.8 Å². The van der Waals surface area contributed by atoms with Crippen LogP contribution < -0.4 is 10.6 Å². The first-order chi connectivity index (χ1) is 10.6. The summed E-state index contributed by atoms with van der Waals surface area (Å²) in [6.07, 6.45) is 3.55. The minimum atomic E-state index is -0.236. The molecule has 1 fully saturated rings. The average Bonchev–Trinajstić information content (AvgIpc) is 3.25. The number of anilines is 2. The summed E-state index contributed by atoms with van der Waals surface area (Å²) in [6.45, 7) is 0. The van der Waals surface area contributed by atoms with Gasteiger partial charge in [-0.2, -0.15) is 0 Å². The van der Waals surface area contributed by atoms with Crippen LogP contribution >= 0.6 is 22.9 Å². The Morgan fingerprint density at radius 2 is 2.18 bits per heavy atom. The van der Waals surface area contributed by atoms with E-state index in [1.165, 1.54) is 11.3 Å². The molecule has 0 unspecified atom stereocenters. The van der Waals surface area contributed by atoms with E-state index in [4.69, 9.17) is 11.6 Å². The molecule has 22 heavy (non-hydrogen) atoms. The van der Waals surface area contributed by atoms with Gasteiger partial charge in [-0.05, 0) is 25.0 Å². The Labute approximate surface area is 135 Å². The van der Waals surface area contributed by atoms with Gasteiger partial charge in [0.1, 0.15) is 0 Å². The standard InChI is InChI=1S/C14H13ClN4O2S/c15-12-10(2-1-5-16-12)18-11(20)6-9-7-22-14(17-9)19-13(21)8-3-4-8/h1-2,5,7-8H,3-4,6H2,(H,18,20)(H,17,19,21). The first-order valence-corrected chi connectivity index (χ1v) is 8.03. The van der Waals surface area contributed by atoms with Gasteiger partial charge in [0.2, 0.25) is 11.8 Å². The van der Waals surface area contributed by atoms with E-state index in [0.717, 1.165) is 12.8 Å². The van der Waals surface area contributed by atoms with Crippen molar-refractivity contribution in [1.82, 2.24) is 9.97 Å². The average molecular weight is 337 g/mol. The largest absolute Gasteiger partial charge is 0.323 e. The minimum absolute atomic E-state index is 0.00694. The van der Waals surface area contributed by atoms with E-state index < -0.39 is 0 Å². The summed E-state index contributed by atoms with van der Waals surface area (Å²) < 4.78 is 0. The Hall–Kier alpha value is -1.99. The van der Waals surface area contributed by atoms with Gasteiger partial charge in [0, 0.05) is 17.5 Å². The Morgan fingerprint density at radius 3 is 2.91 bits per heavy atom. The van der Waals surface area contributed by atoms with Gasteiger partial charge < -0.3 is 10.6 Å². The highest BCUT2D eigenvalue weighted by molar-refractivity contribution is 7.13. The van der Waals surface area contributed by atoms with Gasteiger partial charge in [-0.1, -0.05) is 11.6 Å². The van der Waals surface area contributed by atoms with Crippen molar-refractivity contribution < 1.29 is 9.59 Å². The summed E-state index contributed by atoms with van der Waals surface area (Å²) in [5.41, 5.74) is 1.07. The van der Waals surface area contributed by atoms with Crippen LogP contribution in [0.25, 0.3) is 0 Å². The summed E-state index contributed by atoms with van der Waals surface area (Å²) >= 11 is 7.19. The number of pyridine rings is 1. The van der Waals surface area contributed by atoms with Crippen LogP contribution in [-0.2, 0) is 16.0 Å². The second-order valence-corrected chi connectivity index (χ2v) is 6.19. The SMILES string of the molecule is O=C(Cc1csc(NC(=O)C2CC2)n1)Nc1cccnc1Cl. The van der Waals surface area contributed by atoms with Crippen LogP contribution in [0, 0.1) is 5.92 Å². The van der Waals surface area contributed by atoms with Crippen LogP contribution in [0.5, 0.6) is 0 Å². The van der Waals surface area contributed by atoms with E-state index in [9.17, 15) is 9.59 Å². The minimum Gasteiger partial charge on any atom is -0.323 e. The molecule has 1 aliphatic carbocycles. The molecule has 0 atom stereocenters. The van der Waals surface area contributed by atoms with Gasteiger partial charge in [-0.25, -0.2) is 9.97 Å². The van der Waals surface area contributed by atoms with Gasteiger partial charge in [-0.3, -0.25) is 9.59 Å². The molecule has 0 aromatic carbocycles. The third kappa shape index (κ3) is 3.80. The number of rotatable bonds is 5. The van der Waals surface area contributed by atoms with Crippen molar-refractivity contribution in [2.75, 3.05) is 10.6 Å². The van der Waals surface area contributed by atoms with Crippen LogP contribution in [0.3, 0.4) is 0 Å². The zero-order valence-electron chi connectivity index (χ0n) is 11.5. The van der Waals surface area contributed by atoms with E-state index >= 15 is 0 Å². The van der Waals surface area contributed by atoms with E-state index in [-0.39, 0.29) is 29.3 Å². The van der Waals surface area contributed by atoms with Gasteiger partial charge in [0.25, 0.3) is 0 Å². The molecule has 0 bridgehead atoms. The van der Waals surface area contributed by atoms with Crippen molar-refractivity contribution in [2.24, 2.45) is 5.92 Å². The molecule has 2 N–H and O–H groups in total. The van der Waals surface area contributed by atoms with Gasteiger partial charge in [0.05, 0.1) is 17.8 Å². The van der Waals surface area contributed by atoms with E-state index in [2.05, 4.69) is 20.6 Å². The Morgan fingerprint density at radius 1 is 1.36 bits per heavy atom. The summed E-state index contributed by atoms with van der Waals surface area (Å²) in [5, 5.41) is 7.97. The summed E-state index contributed by atoms with van der Waals surface area (Å²) in [5.74, 6) is -0.101. The zero-order valence-corrected chi connectivity index (χ0v) is 13.1. The number of hydrogen-bond acceptors (Lipinski definition) is 5. The highest BCUT2D eigenvalue weighted by atomic mass is 35.5. The molecule has 3 rings (SSSR count). The van der Waals surface area contributed by atoms with Crippen LogP contribution in [0.2, 0.25) is 5.15 Å². The van der Waals surface area contributed by atoms with Gasteiger partial charge in [0.15, 0.2) is 10.3 Å². The topological polar surface area (TPSA) is 84.0 Å². The van der Waals surface area contributed by atoms with Crippen molar-refractivity contribution in [2.45, 2.75) is 19.3 Å². The maximum absolute atomic E-state index is 12.0. The molecule has 114 valence electrons. The monoisotopic (exact) mass is 336 g/mol. The molecule has 2 aromatic heterocycles. The van der Waals surface area contributed by atoms with Crippen LogP contribution in [0.4, 0.5) is 10.8 Å². The number of nitrogens with zero attached hydrogens (tertiary/aromatic N) is 2. The van der Waals surface area contributed by atoms with Crippen molar-refractivity contribution >= 4 is 45.6 Å². The number of hydrogen-bond donors (Lipinski definition) is 2. The normalized spacial score (nSPS) is 13.7. The predicted molar refractivity (Wildman–Crippen MR) is 85.0 cm³/mol. The Bertz CT molecular complexity index is 714. The predicted octanol–water partition coefficient (Wildman–Crippen LogP) is 2.72. The first-order valence-electron chi connectivity index (χ1n) is 6.77. The highest BCUT2D eigenvalue weighted by Gasteiger charge is 2.30. The molecule has 8 heteroatoms. The van der Waals surface area contributed by atoms with Crippen molar-refractivity contribution in [3.05, 3.63) is 34.6 Å². The molecule has 2 amide bonds. The number of amides is 2. The maximum Gasteiger partial charge on any atom is 0.230 e. The van der Waals surface area contributed by atoms with E-state index in [1.54, 1.807) is 23.7 Å². The summed E-state index contributed by atoms with van der Waals surface area (Å²) in [4.78, 5) is 31.7. The Balaban J connectivity index is 1.56. The molecule has 2 heterocycles. The maximum atomic E-state index is 12.0. The number of carbonyl (C=O) groups excluding carboxylic acids is 2. The lowest BCUT2D eigenvalue weighted by Crippen LogP contribution is -2.16. The number of nitrogens with one attached hydrogen (secondary N) is 2. The second-order valence-electron chi connectivity index (χ2n) is 4.97. The fourth-order valence-corrected chi connectivity index (χ4v) is 2.72. The molecule has 0 aliphatic heterocycles. The summed E-state index contributed by atoms with van der Waals surface area (Å²) in [6, 6.07) is 3.37. The third-order valence-corrected chi connectivity index (χ3v) is 4.21. The number of aromatic nitrogens is 2. The highest BCUT2D eigenvalue weighted by Crippen LogP contribution is 2.30. The van der Waals surface area contributed by atoms with Gasteiger partial charge >= 0.3 is 0 Å². The quantitative estimate of drug-likeness (QED) is 0.822. The fraction of sp³-hybridized carbons (Fsp3) is 0.286. The lowest BCUT2D eigenvalue weighted by molar-refractivity contribution is -0.117. The van der Waals surface area contributed by atoms with Crippen LogP contribution in [0.1, 0.15) is 18.5 Å². The molecular weight excluding hydrogens is 324 g/mol. The Kier molecular flexibility index (Phi) is 4.35. The third-order valence-electron chi connectivity index (χ3n) is 3.10. The van der Waals surface area contributed by atoms with Crippen molar-refractivity contribution in [1.29, 1.82) is 0 Å². The number of carbonyl (C=O) groups is 2. The summed E-state index contributed by atoms with van der Waals surface area (Å²) in [7, 11) is 0. The molecule has 1 aliphatic rings. The molecule has 0 spiro atoms. The fourth-order valence-electron chi connectivity index (χ4n) is 1.84. The van der Waals surface area contributed by atoms with Crippen molar-refractivity contribution in [3.8, 4) is 0 Å². The molecular formula is C14H13ClN4O2S. The number of halogens is 1. The number of thiazole rings is 1. The lowest BCUT2D eigenvalue weighted by Gasteiger charge is -2.04. The van der Waals surface area contributed by atoms with E-state index in [1.807, 2.05) is 0 Å². The van der Waals surface area contributed by atoms with Crippen molar-refractivity contribution in [3.63, 3.8) is 0 Å². The van der Waals surface area contributed by atoms with Gasteiger partial charge in [-0.15, -0.1) is 11.3 Å². The first kappa shape index (κ1) is 14.9. The molecule has 0 saturated heterocycles. The molecule has 1 saturated carbocycles. The zero-order chi connectivity index (χ0) is 15.5. The second kappa shape index (κ2) is 6.41. The smallest absolute Gasteiger partial charge is 0.230 e. The molecule has 0 radical (unpaired) electrons. The molecule has 6 nitrogen and oxygen atoms in total. The van der Waals surface area contributed by atoms with Crippen LogP contribution in [0.15, 0.2) is 23.7 Å². The lowest BCUT2D eigenvalue weighted by atomic mass is 10.3. The van der Waals surface area contributed by atoms with E-state index in [0.29, 0.717) is 16.5 Å².